The summed E-state index contributed by atoms with van der Waals surface area (Å²) in [5.74, 6) is 0.828. The highest BCUT2D eigenvalue weighted by molar-refractivity contribution is 8.01. The average molecular weight is 454 g/mol. The van der Waals surface area contributed by atoms with Gasteiger partial charge in [0, 0.05) is 23.1 Å². The number of carbonyl (C=O) groups is 2. The fraction of sp³-hybridized carbons (Fsp3) is 0.261. The summed E-state index contributed by atoms with van der Waals surface area (Å²) in [6.07, 6.45) is 0.906. The minimum atomic E-state index is -0.381. The molecule has 1 atom stereocenters. The molecule has 2 amide bonds. The molecule has 2 heterocycles. The number of thioether (sulfide) groups is 1. The molecular weight excluding hydrogens is 430 g/mol. The van der Waals surface area contributed by atoms with Crippen LogP contribution in [0.4, 0.5) is 10.8 Å². The number of rotatable bonds is 7. The molecule has 0 spiro atoms. The maximum atomic E-state index is 12.5. The summed E-state index contributed by atoms with van der Waals surface area (Å²) >= 11 is 2.68. The summed E-state index contributed by atoms with van der Waals surface area (Å²) in [5, 5.41) is 7.80. The second-order valence-electron chi connectivity index (χ2n) is 7.32. The molecule has 0 saturated heterocycles. The van der Waals surface area contributed by atoms with E-state index in [1.54, 1.807) is 6.92 Å². The van der Waals surface area contributed by atoms with Crippen molar-refractivity contribution in [1.82, 2.24) is 4.98 Å². The molecule has 160 valence electrons. The van der Waals surface area contributed by atoms with Crippen LogP contribution in [0.2, 0.25) is 0 Å². The monoisotopic (exact) mass is 453 g/mol. The van der Waals surface area contributed by atoms with Gasteiger partial charge in [-0.2, -0.15) is 0 Å². The molecule has 2 aromatic carbocycles. The van der Waals surface area contributed by atoms with Crippen molar-refractivity contribution in [3.8, 4) is 17.0 Å². The van der Waals surface area contributed by atoms with E-state index in [0.717, 1.165) is 41.3 Å². The number of benzene rings is 2. The highest BCUT2D eigenvalue weighted by Crippen LogP contribution is 2.32. The van der Waals surface area contributed by atoms with Crippen LogP contribution in [0.3, 0.4) is 0 Å². The normalized spacial score (nSPS) is 13.2. The molecule has 3 aromatic rings. The maximum Gasteiger partial charge on any atom is 0.239 e. The zero-order chi connectivity index (χ0) is 21.8. The zero-order valence-electron chi connectivity index (χ0n) is 17.3. The fourth-order valence-corrected chi connectivity index (χ4v) is 4.53. The summed E-state index contributed by atoms with van der Waals surface area (Å²) in [7, 11) is 0. The molecular formula is C23H23N3O3S2. The zero-order valence-corrected chi connectivity index (χ0v) is 18.9. The van der Waals surface area contributed by atoms with Gasteiger partial charge in [-0.05, 0) is 49.7 Å². The fourth-order valence-electron chi connectivity index (χ4n) is 3.13. The predicted molar refractivity (Wildman–Crippen MR) is 127 cm³/mol. The van der Waals surface area contributed by atoms with Gasteiger partial charge >= 0.3 is 0 Å². The van der Waals surface area contributed by atoms with Gasteiger partial charge in [0.1, 0.15) is 5.75 Å². The summed E-state index contributed by atoms with van der Waals surface area (Å²) in [4.78, 5) is 29.2. The molecule has 1 aromatic heterocycles. The number of nitrogens with one attached hydrogen (secondary N) is 2. The number of aromatic nitrogens is 1. The van der Waals surface area contributed by atoms with Gasteiger partial charge in [-0.25, -0.2) is 4.98 Å². The third-order valence-corrected chi connectivity index (χ3v) is 6.79. The Bertz CT molecular complexity index is 1100. The SMILES string of the molecule is Cc1ccc(NC(=O)CSC(C)C(=O)Nc2nc(-c3ccc4c(c3)CCO4)cs2)cc1. The van der Waals surface area contributed by atoms with Crippen molar-refractivity contribution < 1.29 is 14.3 Å². The topological polar surface area (TPSA) is 80.3 Å². The first-order valence-electron chi connectivity index (χ1n) is 9.98. The van der Waals surface area contributed by atoms with Crippen LogP contribution >= 0.6 is 23.1 Å². The number of aryl methyl sites for hydroxylation is 1. The minimum Gasteiger partial charge on any atom is -0.493 e. The van der Waals surface area contributed by atoms with Crippen molar-refractivity contribution in [3.63, 3.8) is 0 Å². The lowest BCUT2D eigenvalue weighted by atomic mass is 10.1. The lowest BCUT2D eigenvalue weighted by Gasteiger charge is -2.11. The molecule has 2 N–H and O–H groups in total. The lowest BCUT2D eigenvalue weighted by Crippen LogP contribution is -2.25. The first-order chi connectivity index (χ1) is 15.0. The Morgan fingerprint density at radius 1 is 1.19 bits per heavy atom. The van der Waals surface area contributed by atoms with Crippen molar-refractivity contribution in [1.29, 1.82) is 0 Å². The number of anilines is 2. The van der Waals surface area contributed by atoms with E-state index in [9.17, 15) is 9.59 Å². The minimum absolute atomic E-state index is 0.134. The molecule has 1 unspecified atom stereocenters. The Hall–Kier alpha value is -2.84. The van der Waals surface area contributed by atoms with Gasteiger partial charge in [-0.1, -0.05) is 17.7 Å². The number of carbonyl (C=O) groups excluding carboxylic acids is 2. The number of hydrogen-bond donors (Lipinski definition) is 2. The van der Waals surface area contributed by atoms with Crippen molar-refractivity contribution in [3.05, 3.63) is 59.0 Å². The van der Waals surface area contributed by atoms with Crippen molar-refractivity contribution >= 4 is 45.7 Å². The summed E-state index contributed by atoms with van der Waals surface area (Å²) in [5.41, 5.74) is 4.91. The smallest absolute Gasteiger partial charge is 0.239 e. The molecule has 1 aliphatic heterocycles. The van der Waals surface area contributed by atoms with Gasteiger partial charge in [0.15, 0.2) is 5.13 Å². The number of amides is 2. The van der Waals surface area contributed by atoms with Gasteiger partial charge < -0.3 is 15.4 Å². The highest BCUT2D eigenvalue weighted by atomic mass is 32.2. The third kappa shape index (κ3) is 5.45. The molecule has 1 aliphatic rings. The first-order valence-corrected chi connectivity index (χ1v) is 11.9. The first kappa shape index (κ1) is 21.4. The lowest BCUT2D eigenvalue weighted by molar-refractivity contribution is -0.115. The molecule has 4 rings (SSSR count). The molecule has 0 aliphatic carbocycles. The number of ether oxygens (including phenoxy) is 1. The Labute approximate surface area is 189 Å². The standard InChI is InChI=1S/C23H23N3O3S2/c1-14-3-6-18(7-4-14)24-21(27)13-30-15(2)22(28)26-23-25-19(12-31-23)16-5-8-20-17(11-16)9-10-29-20/h3-8,11-12,15H,9-10,13H2,1-2H3,(H,24,27)(H,25,26,28). The molecule has 0 saturated carbocycles. The van der Waals surface area contributed by atoms with Crippen molar-refractivity contribution in [2.24, 2.45) is 0 Å². The van der Waals surface area contributed by atoms with Crippen LogP contribution in [0.15, 0.2) is 47.8 Å². The molecule has 8 heteroatoms. The Balaban J connectivity index is 1.28. The van der Waals surface area contributed by atoms with Crippen LogP contribution in [0.25, 0.3) is 11.3 Å². The van der Waals surface area contributed by atoms with Crippen LogP contribution in [0, 0.1) is 6.92 Å². The van der Waals surface area contributed by atoms with E-state index in [2.05, 4.69) is 21.7 Å². The Kier molecular flexibility index (Phi) is 6.58. The second-order valence-corrected chi connectivity index (χ2v) is 9.50. The number of nitrogens with zero attached hydrogens (tertiary/aromatic N) is 1. The molecule has 0 radical (unpaired) electrons. The van der Waals surface area contributed by atoms with E-state index in [4.69, 9.17) is 4.74 Å². The molecule has 6 nitrogen and oxygen atoms in total. The number of thiazole rings is 1. The number of fused-ring (bicyclic) bond motifs is 1. The van der Waals surface area contributed by atoms with E-state index in [1.165, 1.54) is 28.7 Å². The average Bonchev–Trinajstić information content (AvgIpc) is 3.42. The quantitative estimate of drug-likeness (QED) is 0.540. The van der Waals surface area contributed by atoms with Crippen LogP contribution < -0.4 is 15.4 Å². The molecule has 0 fully saturated rings. The molecule has 0 bridgehead atoms. The van der Waals surface area contributed by atoms with E-state index >= 15 is 0 Å². The van der Waals surface area contributed by atoms with E-state index in [-0.39, 0.29) is 22.8 Å². The van der Waals surface area contributed by atoms with Crippen LogP contribution in [0.5, 0.6) is 5.75 Å². The Morgan fingerprint density at radius 2 is 2.00 bits per heavy atom. The molecule has 31 heavy (non-hydrogen) atoms. The van der Waals surface area contributed by atoms with Crippen LogP contribution in [-0.2, 0) is 16.0 Å². The third-order valence-electron chi connectivity index (χ3n) is 4.89. The van der Waals surface area contributed by atoms with E-state index in [0.29, 0.717) is 5.13 Å². The van der Waals surface area contributed by atoms with E-state index in [1.807, 2.05) is 48.7 Å². The maximum absolute atomic E-state index is 12.5. The van der Waals surface area contributed by atoms with Gasteiger partial charge in [0.2, 0.25) is 11.8 Å². The van der Waals surface area contributed by atoms with Gasteiger partial charge in [0.25, 0.3) is 0 Å². The van der Waals surface area contributed by atoms with Crippen LogP contribution in [-0.4, -0.2) is 34.4 Å². The van der Waals surface area contributed by atoms with Crippen molar-refractivity contribution in [2.75, 3.05) is 23.0 Å². The Morgan fingerprint density at radius 3 is 2.81 bits per heavy atom. The largest absolute Gasteiger partial charge is 0.493 e. The summed E-state index contributed by atoms with van der Waals surface area (Å²) in [6, 6.07) is 13.7. The van der Waals surface area contributed by atoms with Crippen LogP contribution in [0.1, 0.15) is 18.1 Å². The highest BCUT2D eigenvalue weighted by Gasteiger charge is 2.18. The van der Waals surface area contributed by atoms with Gasteiger partial charge in [-0.15, -0.1) is 23.1 Å². The predicted octanol–water partition coefficient (Wildman–Crippen LogP) is 4.75. The number of hydrogen-bond acceptors (Lipinski definition) is 6. The van der Waals surface area contributed by atoms with Gasteiger partial charge in [0.05, 0.1) is 23.3 Å². The van der Waals surface area contributed by atoms with Gasteiger partial charge in [-0.3, -0.25) is 9.59 Å². The van der Waals surface area contributed by atoms with E-state index < -0.39 is 0 Å². The van der Waals surface area contributed by atoms with Crippen molar-refractivity contribution in [2.45, 2.75) is 25.5 Å². The second kappa shape index (κ2) is 9.53. The summed E-state index contributed by atoms with van der Waals surface area (Å²) in [6.45, 7) is 4.50. The summed E-state index contributed by atoms with van der Waals surface area (Å²) < 4.78 is 5.55.